The first-order valence-electron chi connectivity index (χ1n) is 10.3. The molecule has 4 aromatic heterocycles. The van der Waals surface area contributed by atoms with E-state index in [2.05, 4.69) is 20.3 Å². The summed E-state index contributed by atoms with van der Waals surface area (Å²) < 4.78 is 12.3. The van der Waals surface area contributed by atoms with Crippen LogP contribution in [-0.4, -0.2) is 51.7 Å². The van der Waals surface area contributed by atoms with Crippen LogP contribution < -0.4 is 15.8 Å². The zero-order chi connectivity index (χ0) is 22.2. The Bertz CT molecular complexity index is 1360. The van der Waals surface area contributed by atoms with Crippen molar-refractivity contribution < 1.29 is 13.9 Å². The highest BCUT2D eigenvalue weighted by molar-refractivity contribution is 6.02. The summed E-state index contributed by atoms with van der Waals surface area (Å²) >= 11 is 0. The monoisotopic (exact) mass is 434 g/mol. The summed E-state index contributed by atoms with van der Waals surface area (Å²) in [4.78, 5) is 39.0. The number of hydrogen-bond acceptors (Lipinski definition) is 7. The fraction of sp³-hybridized carbons (Fsp3) is 0.273. The number of amides is 1. The molecule has 5 rings (SSSR count). The van der Waals surface area contributed by atoms with Crippen molar-refractivity contribution in [1.29, 1.82) is 0 Å². The van der Waals surface area contributed by atoms with Crippen LogP contribution in [0, 0.1) is 6.92 Å². The number of fused-ring (bicyclic) bond motifs is 1. The Kier molecular flexibility index (Phi) is 4.98. The molecule has 0 saturated carbocycles. The molecule has 1 saturated heterocycles. The first-order chi connectivity index (χ1) is 15.5. The van der Waals surface area contributed by atoms with Gasteiger partial charge in [-0.15, -0.1) is 0 Å². The summed E-state index contributed by atoms with van der Waals surface area (Å²) in [5, 5.41) is 3.56. The predicted octanol–water partition coefficient (Wildman–Crippen LogP) is 2.31. The number of oxazole rings is 1. The summed E-state index contributed by atoms with van der Waals surface area (Å²) in [6.07, 6.45) is 4.82. The van der Waals surface area contributed by atoms with Crippen molar-refractivity contribution in [2.45, 2.75) is 6.92 Å². The second-order valence-electron chi connectivity index (χ2n) is 7.66. The largest absolute Gasteiger partial charge is 0.431 e. The minimum absolute atomic E-state index is 0.113. The van der Waals surface area contributed by atoms with E-state index in [0.717, 1.165) is 16.5 Å². The van der Waals surface area contributed by atoms with Gasteiger partial charge in [0.25, 0.3) is 17.5 Å². The quantitative estimate of drug-likeness (QED) is 0.506. The molecule has 0 spiro atoms. The highest BCUT2D eigenvalue weighted by Crippen LogP contribution is 2.28. The third-order valence-electron chi connectivity index (χ3n) is 5.49. The molecule has 10 nitrogen and oxygen atoms in total. The molecule has 0 bridgehead atoms. The van der Waals surface area contributed by atoms with E-state index in [1.54, 1.807) is 25.5 Å². The van der Waals surface area contributed by atoms with Gasteiger partial charge in [0, 0.05) is 43.5 Å². The van der Waals surface area contributed by atoms with Crippen LogP contribution in [-0.2, 0) is 11.8 Å². The number of ether oxygens (including phenoxy) is 1. The van der Waals surface area contributed by atoms with Crippen LogP contribution in [0.3, 0.4) is 0 Å². The molecule has 1 amide bonds. The van der Waals surface area contributed by atoms with E-state index in [0.29, 0.717) is 49.3 Å². The maximum atomic E-state index is 12.7. The third kappa shape index (κ3) is 3.54. The van der Waals surface area contributed by atoms with Gasteiger partial charge in [-0.1, -0.05) is 6.07 Å². The Labute approximate surface area is 182 Å². The van der Waals surface area contributed by atoms with Gasteiger partial charge in [-0.2, -0.15) is 4.98 Å². The van der Waals surface area contributed by atoms with E-state index in [1.165, 1.54) is 10.8 Å². The number of hydrogen-bond donors (Lipinski definition) is 2. The van der Waals surface area contributed by atoms with Gasteiger partial charge in [0.15, 0.2) is 5.69 Å². The minimum Gasteiger partial charge on any atom is -0.431 e. The molecule has 0 aliphatic carbocycles. The summed E-state index contributed by atoms with van der Waals surface area (Å²) in [5.41, 5.74) is 2.97. The molecule has 0 atom stereocenters. The lowest BCUT2D eigenvalue weighted by Crippen LogP contribution is -2.36. The standard InChI is InChI=1S/C22H22N6O4/c1-13-3-4-17(25-18(13)15-11-27(2)21(30)19-14(15)5-6-23-19)26-20(29)16-12-32-22(24-16)28-7-9-31-10-8-28/h3-6,11-12,23H,7-10H2,1-2H3,(H,25,26,29). The number of aromatic nitrogens is 4. The van der Waals surface area contributed by atoms with Gasteiger partial charge in [0.05, 0.1) is 18.9 Å². The molecular formula is C22H22N6O4. The fourth-order valence-corrected chi connectivity index (χ4v) is 3.78. The number of nitrogens with one attached hydrogen (secondary N) is 2. The highest BCUT2D eigenvalue weighted by atomic mass is 16.5. The van der Waals surface area contributed by atoms with E-state index in [-0.39, 0.29) is 11.3 Å². The highest BCUT2D eigenvalue weighted by Gasteiger charge is 2.20. The van der Waals surface area contributed by atoms with Crippen molar-refractivity contribution in [2.75, 3.05) is 36.5 Å². The van der Waals surface area contributed by atoms with Gasteiger partial charge >= 0.3 is 0 Å². The molecule has 1 aliphatic rings. The lowest BCUT2D eigenvalue weighted by atomic mass is 10.0. The molecule has 0 unspecified atom stereocenters. The number of morpholine rings is 1. The summed E-state index contributed by atoms with van der Waals surface area (Å²) in [5.74, 6) is -0.0353. The second-order valence-corrected chi connectivity index (χ2v) is 7.66. The zero-order valence-corrected chi connectivity index (χ0v) is 17.7. The molecule has 2 N–H and O–H groups in total. The number of aryl methyl sites for hydroxylation is 2. The maximum Gasteiger partial charge on any atom is 0.298 e. The van der Waals surface area contributed by atoms with Crippen LogP contribution in [0.5, 0.6) is 0 Å². The van der Waals surface area contributed by atoms with Crippen LogP contribution in [0.25, 0.3) is 22.2 Å². The third-order valence-corrected chi connectivity index (χ3v) is 5.49. The molecule has 5 heterocycles. The van der Waals surface area contributed by atoms with E-state index >= 15 is 0 Å². The Hall–Kier alpha value is -3.92. The van der Waals surface area contributed by atoms with Gasteiger partial charge in [-0.25, -0.2) is 4.98 Å². The number of aromatic amines is 1. The van der Waals surface area contributed by atoms with Gasteiger partial charge < -0.3 is 28.9 Å². The summed E-state index contributed by atoms with van der Waals surface area (Å²) in [6, 6.07) is 5.86. The Balaban J connectivity index is 1.43. The molecule has 4 aromatic rings. The van der Waals surface area contributed by atoms with Crippen LogP contribution in [0.15, 0.2) is 46.1 Å². The average molecular weight is 434 g/mol. The predicted molar refractivity (Wildman–Crippen MR) is 119 cm³/mol. The van der Waals surface area contributed by atoms with Crippen LogP contribution in [0.4, 0.5) is 11.8 Å². The molecule has 164 valence electrons. The normalized spacial score (nSPS) is 14.1. The molecule has 32 heavy (non-hydrogen) atoms. The van der Waals surface area contributed by atoms with Gasteiger partial charge in [-0.3, -0.25) is 9.59 Å². The topological polar surface area (TPSA) is 118 Å². The summed E-state index contributed by atoms with van der Waals surface area (Å²) in [7, 11) is 1.70. The second kappa shape index (κ2) is 7.97. The van der Waals surface area contributed by atoms with Crippen LogP contribution in [0.2, 0.25) is 0 Å². The van der Waals surface area contributed by atoms with Crippen molar-refractivity contribution in [3.05, 3.63) is 58.5 Å². The molecule has 1 fully saturated rings. The number of rotatable bonds is 4. The van der Waals surface area contributed by atoms with Gasteiger partial charge in [0.1, 0.15) is 17.6 Å². The lowest BCUT2D eigenvalue weighted by Gasteiger charge is -2.24. The minimum atomic E-state index is -0.414. The SMILES string of the molecule is Cc1ccc(NC(=O)c2coc(N3CCOCC3)n2)nc1-c1cn(C)c(=O)c2[nH]ccc12. The van der Waals surface area contributed by atoms with Crippen molar-refractivity contribution in [3.8, 4) is 11.3 Å². The van der Waals surface area contributed by atoms with Crippen LogP contribution in [0.1, 0.15) is 16.1 Å². The van der Waals surface area contributed by atoms with E-state index < -0.39 is 5.91 Å². The van der Waals surface area contributed by atoms with Crippen molar-refractivity contribution in [3.63, 3.8) is 0 Å². The molecule has 0 aromatic carbocycles. The lowest BCUT2D eigenvalue weighted by molar-refractivity contribution is 0.102. The van der Waals surface area contributed by atoms with Crippen molar-refractivity contribution in [1.82, 2.24) is 19.5 Å². The van der Waals surface area contributed by atoms with E-state index in [1.807, 2.05) is 24.0 Å². The van der Waals surface area contributed by atoms with Gasteiger partial charge in [0.2, 0.25) is 0 Å². The van der Waals surface area contributed by atoms with E-state index in [9.17, 15) is 9.59 Å². The van der Waals surface area contributed by atoms with Crippen LogP contribution >= 0.6 is 0 Å². The maximum absolute atomic E-state index is 12.7. The number of pyridine rings is 2. The molecular weight excluding hydrogens is 412 g/mol. The van der Waals surface area contributed by atoms with Gasteiger partial charge in [-0.05, 0) is 24.6 Å². The Morgan fingerprint density at radius 3 is 2.81 bits per heavy atom. The Morgan fingerprint density at radius 1 is 1.19 bits per heavy atom. The number of H-pyrrole nitrogens is 1. The van der Waals surface area contributed by atoms with E-state index in [4.69, 9.17) is 9.15 Å². The number of anilines is 2. The van der Waals surface area contributed by atoms with Crippen molar-refractivity contribution >= 4 is 28.6 Å². The Morgan fingerprint density at radius 2 is 2.00 bits per heavy atom. The summed E-state index contributed by atoms with van der Waals surface area (Å²) in [6.45, 7) is 4.46. The first kappa shape index (κ1) is 20.0. The first-order valence-corrected chi connectivity index (χ1v) is 10.3. The molecule has 10 heteroatoms. The zero-order valence-electron chi connectivity index (χ0n) is 17.7. The molecule has 0 radical (unpaired) electrons. The van der Waals surface area contributed by atoms with Crippen molar-refractivity contribution in [2.24, 2.45) is 7.05 Å². The smallest absolute Gasteiger partial charge is 0.298 e. The average Bonchev–Trinajstić information content (AvgIpc) is 3.49. The molecule has 1 aliphatic heterocycles. The number of carbonyl (C=O) groups excluding carboxylic acids is 1. The number of nitrogens with zero attached hydrogens (tertiary/aromatic N) is 4. The fourth-order valence-electron chi connectivity index (χ4n) is 3.78. The number of carbonyl (C=O) groups is 1.